The van der Waals surface area contributed by atoms with Crippen molar-refractivity contribution in [2.24, 2.45) is 0 Å². The SMILES string of the molecule is CC(C)(O)c1ccc(N2CCN(S(=O)(=O)c3cccs3)C[C@@H]2Cn2ccnc2)cc1.CC(C)(O)c1ccc(N2CCN(S(=O)(=O)c3cccs3)C[C@@H]2Cn2ccnc2)cc1. The van der Waals surface area contributed by atoms with Crippen LogP contribution in [0.15, 0.2) is 129 Å². The summed E-state index contributed by atoms with van der Waals surface area (Å²) in [6.45, 7) is 11.1. The Kier molecular flexibility index (Phi) is 13.0. The third-order valence-corrected chi connectivity index (χ3v) is 17.3. The molecule has 6 aromatic rings. The van der Waals surface area contributed by atoms with Crippen LogP contribution in [0.3, 0.4) is 0 Å². The van der Waals surface area contributed by atoms with Crippen LogP contribution in [0.4, 0.5) is 11.4 Å². The number of hydrogen-bond acceptors (Lipinski definition) is 12. The van der Waals surface area contributed by atoms with Crippen molar-refractivity contribution in [2.75, 3.05) is 49.1 Å². The summed E-state index contributed by atoms with van der Waals surface area (Å²) < 4.78 is 60.1. The zero-order valence-corrected chi connectivity index (χ0v) is 37.4. The Bertz CT molecular complexity index is 2290. The highest BCUT2D eigenvalue weighted by molar-refractivity contribution is 7.91. The summed E-state index contributed by atoms with van der Waals surface area (Å²) in [4.78, 5) is 12.7. The predicted octanol–water partition coefficient (Wildman–Crippen LogP) is 5.50. The van der Waals surface area contributed by atoms with E-state index in [0.29, 0.717) is 60.8 Å². The van der Waals surface area contributed by atoms with Crippen molar-refractivity contribution in [1.29, 1.82) is 0 Å². The smallest absolute Gasteiger partial charge is 0.252 e. The average molecular weight is 893 g/mol. The maximum Gasteiger partial charge on any atom is 0.252 e. The number of nitrogens with zero attached hydrogens (tertiary/aromatic N) is 8. The molecular weight excluding hydrogens is 841 g/mol. The van der Waals surface area contributed by atoms with Gasteiger partial charge >= 0.3 is 0 Å². The van der Waals surface area contributed by atoms with Gasteiger partial charge in [-0.05, 0) is 86.0 Å². The summed E-state index contributed by atoms with van der Waals surface area (Å²) >= 11 is 2.50. The minimum absolute atomic E-state index is 0.0457. The fourth-order valence-electron chi connectivity index (χ4n) is 7.56. The Morgan fingerprint density at radius 1 is 0.600 bits per heavy atom. The van der Waals surface area contributed by atoms with E-state index in [0.717, 1.165) is 22.5 Å². The first kappa shape index (κ1) is 43.7. The number of aliphatic hydroxyl groups is 2. The molecule has 2 aromatic carbocycles. The van der Waals surface area contributed by atoms with Crippen LogP contribution in [0, 0.1) is 0 Å². The van der Waals surface area contributed by atoms with Crippen molar-refractivity contribution >= 4 is 54.1 Å². The average Bonchev–Trinajstić information content (AvgIpc) is 4.07. The van der Waals surface area contributed by atoms with Gasteiger partial charge in [-0.1, -0.05) is 36.4 Å². The third kappa shape index (κ3) is 10.0. The highest BCUT2D eigenvalue weighted by Gasteiger charge is 2.37. The van der Waals surface area contributed by atoms with Crippen molar-refractivity contribution in [3.05, 3.63) is 132 Å². The van der Waals surface area contributed by atoms with Gasteiger partial charge in [0, 0.05) is 88.5 Å². The zero-order valence-electron chi connectivity index (χ0n) is 34.1. The number of benzene rings is 2. The molecule has 0 radical (unpaired) electrons. The molecule has 2 N–H and O–H groups in total. The fraction of sp³-hybridized carbons (Fsp3) is 0.381. The van der Waals surface area contributed by atoms with Crippen LogP contribution < -0.4 is 9.80 Å². The second kappa shape index (κ2) is 17.9. The normalized spacial score (nSPS) is 18.6. The van der Waals surface area contributed by atoms with Crippen LogP contribution in [0.1, 0.15) is 38.8 Å². The Labute approximate surface area is 360 Å². The van der Waals surface area contributed by atoms with Crippen molar-refractivity contribution in [3.63, 3.8) is 0 Å². The summed E-state index contributed by atoms with van der Waals surface area (Å²) in [5.41, 5.74) is 1.92. The number of sulfonamides is 2. The van der Waals surface area contributed by atoms with Crippen LogP contribution in [0.5, 0.6) is 0 Å². The van der Waals surface area contributed by atoms with E-state index in [9.17, 15) is 27.0 Å². The lowest BCUT2D eigenvalue weighted by Crippen LogP contribution is -2.56. The highest BCUT2D eigenvalue weighted by atomic mass is 32.3. The number of rotatable bonds is 12. The molecule has 0 amide bonds. The van der Waals surface area contributed by atoms with Gasteiger partial charge in [0.15, 0.2) is 0 Å². The molecule has 2 aliphatic rings. The molecule has 0 unspecified atom stereocenters. The number of piperazine rings is 2. The van der Waals surface area contributed by atoms with Gasteiger partial charge in [0.2, 0.25) is 0 Å². The van der Waals surface area contributed by atoms with Gasteiger partial charge in [-0.3, -0.25) is 0 Å². The van der Waals surface area contributed by atoms with E-state index < -0.39 is 31.2 Å². The quantitative estimate of drug-likeness (QED) is 0.161. The molecule has 4 aromatic heterocycles. The summed E-state index contributed by atoms with van der Waals surface area (Å²) in [5, 5.41) is 24.0. The molecule has 6 heterocycles. The Morgan fingerprint density at radius 2 is 0.983 bits per heavy atom. The Balaban J connectivity index is 0.000000181. The number of hydrogen-bond donors (Lipinski definition) is 2. The largest absolute Gasteiger partial charge is 0.386 e. The Morgan fingerprint density at radius 3 is 1.28 bits per heavy atom. The topological polar surface area (TPSA) is 157 Å². The minimum Gasteiger partial charge on any atom is -0.386 e. The van der Waals surface area contributed by atoms with Crippen molar-refractivity contribution in [2.45, 2.75) is 72.5 Å². The van der Waals surface area contributed by atoms with E-state index in [4.69, 9.17) is 0 Å². The lowest BCUT2D eigenvalue weighted by atomic mass is 9.98. The molecule has 0 bridgehead atoms. The molecule has 0 spiro atoms. The summed E-state index contributed by atoms with van der Waals surface area (Å²) in [5.74, 6) is 0. The molecule has 18 heteroatoms. The first-order chi connectivity index (χ1) is 28.5. The molecule has 2 aliphatic heterocycles. The lowest BCUT2D eigenvalue weighted by molar-refractivity contribution is 0.0780. The first-order valence-corrected chi connectivity index (χ1v) is 24.3. The van der Waals surface area contributed by atoms with E-state index in [2.05, 4.69) is 19.8 Å². The number of imidazole rings is 2. The molecular formula is C42H52N8O6S4. The number of thiophene rings is 2. The highest BCUT2D eigenvalue weighted by Crippen LogP contribution is 2.31. The molecule has 2 atom stereocenters. The zero-order chi connectivity index (χ0) is 42.7. The van der Waals surface area contributed by atoms with Gasteiger partial charge in [0.25, 0.3) is 20.0 Å². The van der Waals surface area contributed by atoms with Gasteiger partial charge in [-0.15, -0.1) is 22.7 Å². The maximum atomic E-state index is 13.1. The van der Waals surface area contributed by atoms with Crippen molar-refractivity contribution in [3.8, 4) is 0 Å². The van der Waals surface area contributed by atoms with E-state index >= 15 is 0 Å². The number of aromatic nitrogens is 4. The van der Waals surface area contributed by atoms with Crippen LogP contribution in [-0.4, -0.2) is 106 Å². The van der Waals surface area contributed by atoms with Crippen molar-refractivity contribution in [1.82, 2.24) is 27.7 Å². The van der Waals surface area contributed by atoms with Gasteiger partial charge in [0.05, 0.1) is 35.9 Å². The standard InChI is InChI=1S/2C21H26N4O3S2/c2*1-21(2,26)17-5-7-18(8-6-17)25-12-11-24(30(27,28)20-4-3-13-29-20)15-19(25)14-23-10-9-22-16-23/h2*3-10,13,16,19,26H,11-12,14-15H2,1-2H3/t2*19-/m00/s1. The second-order valence-electron chi connectivity index (χ2n) is 16.0. The van der Waals surface area contributed by atoms with Crippen LogP contribution in [0.25, 0.3) is 0 Å². The summed E-state index contributed by atoms with van der Waals surface area (Å²) in [6.07, 6.45) is 10.7. The van der Waals surface area contributed by atoms with Gasteiger partial charge in [-0.2, -0.15) is 8.61 Å². The van der Waals surface area contributed by atoms with Crippen LogP contribution >= 0.6 is 22.7 Å². The Hall–Kier alpha value is -4.40. The van der Waals surface area contributed by atoms with Crippen molar-refractivity contribution < 1.29 is 27.0 Å². The maximum absolute atomic E-state index is 13.1. The van der Waals surface area contributed by atoms with Gasteiger partial charge in [-0.25, -0.2) is 26.8 Å². The van der Waals surface area contributed by atoms with E-state index in [1.54, 1.807) is 96.4 Å². The fourth-order valence-corrected chi connectivity index (χ4v) is 12.8. The summed E-state index contributed by atoms with van der Waals surface area (Å²) in [6, 6.07) is 22.5. The molecule has 14 nitrogen and oxygen atoms in total. The molecule has 2 fully saturated rings. The number of anilines is 2. The third-order valence-electron chi connectivity index (χ3n) is 10.8. The summed E-state index contributed by atoms with van der Waals surface area (Å²) in [7, 11) is -6.99. The molecule has 2 saturated heterocycles. The molecule has 60 heavy (non-hydrogen) atoms. The van der Waals surface area contributed by atoms with E-state index in [-0.39, 0.29) is 12.1 Å². The molecule has 8 rings (SSSR count). The molecule has 320 valence electrons. The van der Waals surface area contributed by atoms with E-state index in [1.807, 2.05) is 70.1 Å². The molecule has 0 saturated carbocycles. The first-order valence-electron chi connectivity index (χ1n) is 19.7. The van der Waals surface area contributed by atoms with E-state index in [1.165, 1.54) is 22.7 Å². The monoisotopic (exact) mass is 892 g/mol. The second-order valence-corrected chi connectivity index (χ2v) is 22.2. The van der Waals surface area contributed by atoms with Gasteiger partial charge < -0.3 is 29.1 Å². The van der Waals surface area contributed by atoms with Gasteiger partial charge in [0.1, 0.15) is 8.42 Å². The molecule has 0 aliphatic carbocycles. The van der Waals surface area contributed by atoms with Crippen LogP contribution in [-0.2, 0) is 44.3 Å². The lowest BCUT2D eigenvalue weighted by Gasteiger charge is -2.42. The minimum atomic E-state index is -3.49. The predicted molar refractivity (Wildman–Crippen MR) is 236 cm³/mol. The van der Waals surface area contributed by atoms with Crippen LogP contribution in [0.2, 0.25) is 0 Å².